The highest BCUT2D eigenvalue weighted by molar-refractivity contribution is 6.08. The molecule has 0 saturated carbocycles. The number of phenolic OH excluding ortho intramolecular Hbond substituents is 1. The van der Waals surface area contributed by atoms with E-state index in [9.17, 15) is 9.90 Å². The molecule has 3 aromatic rings. The maximum Gasteiger partial charge on any atom is 0.189 e. The predicted molar refractivity (Wildman–Crippen MR) is 82.4 cm³/mol. The number of benzene rings is 2. The van der Waals surface area contributed by atoms with Crippen LogP contribution in [0.2, 0.25) is 0 Å². The molecule has 0 unspecified atom stereocenters. The van der Waals surface area contributed by atoms with Crippen molar-refractivity contribution in [3.05, 3.63) is 71.5 Å². The zero-order valence-corrected chi connectivity index (χ0v) is 11.5. The third-order valence-electron chi connectivity index (χ3n) is 3.26. The van der Waals surface area contributed by atoms with E-state index in [1.807, 2.05) is 37.3 Å². The van der Waals surface area contributed by atoms with Crippen LogP contribution in [0.15, 0.2) is 59.0 Å². The Labute approximate surface area is 122 Å². The van der Waals surface area contributed by atoms with Gasteiger partial charge in [0.2, 0.25) is 0 Å². The normalized spacial score (nSPS) is 11.3. The highest BCUT2D eigenvalue weighted by atomic mass is 16.3. The molecule has 0 fully saturated rings. The van der Waals surface area contributed by atoms with E-state index in [1.54, 1.807) is 24.3 Å². The summed E-state index contributed by atoms with van der Waals surface area (Å²) in [7, 11) is 0. The van der Waals surface area contributed by atoms with Gasteiger partial charge in [0.25, 0.3) is 0 Å². The Kier molecular flexibility index (Phi) is 3.32. The Morgan fingerprint density at radius 3 is 2.71 bits per heavy atom. The van der Waals surface area contributed by atoms with Gasteiger partial charge in [-0.2, -0.15) is 0 Å². The second-order valence-corrected chi connectivity index (χ2v) is 4.90. The SMILES string of the molecule is Cc1ccc(C(=O)/C=C/c2cc3ccccc3o2)c(O)c1. The molecule has 1 aromatic heterocycles. The average Bonchev–Trinajstić information content (AvgIpc) is 2.87. The van der Waals surface area contributed by atoms with Crippen LogP contribution in [-0.4, -0.2) is 10.9 Å². The highest BCUT2D eigenvalue weighted by Gasteiger charge is 2.08. The summed E-state index contributed by atoms with van der Waals surface area (Å²) in [6.45, 7) is 1.86. The first-order chi connectivity index (χ1) is 10.1. The molecule has 0 bridgehead atoms. The smallest absolute Gasteiger partial charge is 0.189 e. The zero-order chi connectivity index (χ0) is 14.8. The molecular weight excluding hydrogens is 264 g/mol. The third-order valence-corrected chi connectivity index (χ3v) is 3.26. The molecule has 2 aromatic carbocycles. The number of para-hydroxylation sites is 1. The van der Waals surface area contributed by atoms with E-state index in [-0.39, 0.29) is 17.1 Å². The fourth-order valence-corrected chi connectivity index (χ4v) is 2.18. The fraction of sp³-hybridized carbons (Fsp3) is 0.0556. The number of hydrogen-bond acceptors (Lipinski definition) is 3. The van der Waals surface area contributed by atoms with E-state index in [4.69, 9.17) is 4.42 Å². The number of hydrogen-bond donors (Lipinski definition) is 1. The van der Waals surface area contributed by atoms with Crippen molar-refractivity contribution in [1.82, 2.24) is 0 Å². The van der Waals surface area contributed by atoms with Gasteiger partial charge >= 0.3 is 0 Å². The van der Waals surface area contributed by atoms with E-state index in [0.717, 1.165) is 16.5 Å². The molecule has 1 heterocycles. The molecule has 3 rings (SSSR count). The van der Waals surface area contributed by atoms with Gasteiger partial charge in [0.1, 0.15) is 17.1 Å². The Hall–Kier alpha value is -2.81. The van der Waals surface area contributed by atoms with Gasteiger partial charge in [-0.1, -0.05) is 24.3 Å². The van der Waals surface area contributed by atoms with Crippen LogP contribution in [0, 0.1) is 6.92 Å². The lowest BCUT2D eigenvalue weighted by atomic mass is 10.1. The number of carbonyl (C=O) groups excluding carboxylic acids is 1. The molecule has 21 heavy (non-hydrogen) atoms. The van der Waals surface area contributed by atoms with Crippen LogP contribution in [-0.2, 0) is 0 Å². The van der Waals surface area contributed by atoms with Crippen LogP contribution in [0.4, 0.5) is 0 Å². The van der Waals surface area contributed by atoms with Crippen LogP contribution >= 0.6 is 0 Å². The number of carbonyl (C=O) groups is 1. The number of fused-ring (bicyclic) bond motifs is 1. The van der Waals surface area contributed by atoms with Crippen molar-refractivity contribution >= 4 is 22.8 Å². The minimum Gasteiger partial charge on any atom is -0.507 e. The molecule has 0 aliphatic heterocycles. The van der Waals surface area contributed by atoms with Crippen molar-refractivity contribution in [2.45, 2.75) is 6.92 Å². The summed E-state index contributed by atoms with van der Waals surface area (Å²) in [6, 6.07) is 14.5. The second-order valence-electron chi connectivity index (χ2n) is 4.90. The number of ketones is 1. The molecule has 0 amide bonds. The maximum absolute atomic E-state index is 12.1. The molecule has 0 aliphatic carbocycles. The Morgan fingerprint density at radius 1 is 1.14 bits per heavy atom. The first-order valence-electron chi connectivity index (χ1n) is 6.64. The number of rotatable bonds is 3. The van der Waals surface area contributed by atoms with E-state index in [0.29, 0.717) is 5.76 Å². The Balaban J connectivity index is 1.86. The number of aryl methyl sites for hydroxylation is 1. The minimum atomic E-state index is -0.257. The summed E-state index contributed by atoms with van der Waals surface area (Å²) < 4.78 is 5.60. The average molecular weight is 278 g/mol. The van der Waals surface area contributed by atoms with Crippen molar-refractivity contribution in [2.24, 2.45) is 0 Å². The van der Waals surface area contributed by atoms with E-state index in [2.05, 4.69) is 0 Å². The van der Waals surface area contributed by atoms with Crippen molar-refractivity contribution in [2.75, 3.05) is 0 Å². The van der Waals surface area contributed by atoms with Crippen molar-refractivity contribution in [1.29, 1.82) is 0 Å². The van der Waals surface area contributed by atoms with Crippen LogP contribution in [0.3, 0.4) is 0 Å². The van der Waals surface area contributed by atoms with Crippen LogP contribution in [0.25, 0.3) is 17.0 Å². The first-order valence-corrected chi connectivity index (χ1v) is 6.64. The van der Waals surface area contributed by atoms with Gasteiger partial charge in [0.15, 0.2) is 5.78 Å². The monoisotopic (exact) mass is 278 g/mol. The number of phenols is 1. The molecule has 104 valence electrons. The van der Waals surface area contributed by atoms with Gasteiger partial charge in [0.05, 0.1) is 5.56 Å². The van der Waals surface area contributed by atoms with Gasteiger partial charge < -0.3 is 9.52 Å². The predicted octanol–water partition coefficient (Wildman–Crippen LogP) is 4.34. The van der Waals surface area contributed by atoms with E-state index in [1.165, 1.54) is 6.08 Å². The van der Waals surface area contributed by atoms with Crippen LogP contribution in [0.1, 0.15) is 21.7 Å². The van der Waals surface area contributed by atoms with Gasteiger partial charge in [-0.05, 0) is 48.9 Å². The summed E-state index contributed by atoms with van der Waals surface area (Å²) >= 11 is 0. The summed E-state index contributed by atoms with van der Waals surface area (Å²) in [5, 5.41) is 10.8. The lowest BCUT2D eigenvalue weighted by Gasteiger charge is -2.01. The molecule has 1 N–H and O–H groups in total. The molecule has 0 atom stereocenters. The molecule has 3 nitrogen and oxygen atoms in total. The third kappa shape index (κ3) is 2.72. The standard InChI is InChI=1S/C18H14O3/c1-12-6-8-15(17(20)10-12)16(19)9-7-14-11-13-4-2-3-5-18(13)21-14/h2-11,20H,1H3/b9-7+. The largest absolute Gasteiger partial charge is 0.507 e. The Morgan fingerprint density at radius 2 is 1.95 bits per heavy atom. The van der Waals surface area contributed by atoms with Gasteiger partial charge in [-0.3, -0.25) is 4.79 Å². The summed E-state index contributed by atoms with van der Waals surface area (Å²) in [6.07, 6.45) is 3.02. The molecule has 0 aliphatic rings. The lowest BCUT2D eigenvalue weighted by Crippen LogP contribution is -1.94. The first kappa shape index (κ1) is 13.2. The molecule has 0 spiro atoms. The number of furan rings is 1. The number of aromatic hydroxyl groups is 1. The summed E-state index contributed by atoms with van der Waals surface area (Å²) in [4.78, 5) is 12.1. The van der Waals surface area contributed by atoms with Crippen molar-refractivity contribution in [3.8, 4) is 5.75 Å². The van der Waals surface area contributed by atoms with Gasteiger partial charge in [-0.25, -0.2) is 0 Å². The quantitative estimate of drug-likeness (QED) is 0.572. The van der Waals surface area contributed by atoms with Gasteiger partial charge in [-0.15, -0.1) is 0 Å². The summed E-state index contributed by atoms with van der Waals surface area (Å²) in [5.74, 6) is 0.346. The molecule has 0 saturated heterocycles. The summed E-state index contributed by atoms with van der Waals surface area (Å²) in [5.41, 5.74) is 1.97. The van der Waals surface area contributed by atoms with E-state index < -0.39 is 0 Å². The molecule has 3 heteroatoms. The van der Waals surface area contributed by atoms with Crippen LogP contribution < -0.4 is 0 Å². The maximum atomic E-state index is 12.1. The van der Waals surface area contributed by atoms with E-state index >= 15 is 0 Å². The molecular formula is C18H14O3. The number of allylic oxidation sites excluding steroid dienone is 1. The fourth-order valence-electron chi connectivity index (χ4n) is 2.18. The highest BCUT2D eigenvalue weighted by Crippen LogP contribution is 2.22. The minimum absolute atomic E-state index is 0.00532. The molecule has 0 radical (unpaired) electrons. The van der Waals surface area contributed by atoms with Crippen molar-refractivity contribution in [3.63, 3.8) is 0 Å². The topological polar surface area (TPSA) is 50.4 Å². The lowest BCUT2D eigenvalue weighted by molar-refractivity contribution is 0.104. The van der Waals surface area contributed by atoms with Crippen molar-refractivity contribution < 1.29 is 14.3 Å². The van der Waals surface area contributed by atoms with Crippen LogP contribution in [0.5, 0.6) is 5.75 Å². The van der Waals surface area contributed by atoms with Gasteiger partial charge in [0, 0.05) is 5.39 Å². The zero-order valence-electron chi connectivity index (χ0n) is 11.5. The second kappa shape index (κ2) is 5.29. The Bertz CT molecular complexity index is 808.